The molecule has 0 aromatic heterocycles. The lowest BCUT2D eigenvalue weighted by atomic mass is 9.75. The highest BCUT2D eigenvalue weighted by Crippen LogP contribution is 2.54. The van der Waals surface area contributed by atoms with Crippen molar-refractivity contribution >= 4 is 11.8 Å². The molecule has 3 atom stereocenters. The molecule has 0 aromatic carbocycles. The molecule has 1 saturated heterocycles. The Labute approximate surface area is 75.8 Å². The summed E-state index contributed by atoms with van der Waals surface area (Å²) in [5.74, 6) is 0.201. The first kappa shape index (κ1) is 7.30. The van der Waals surface area contributed by atoms with E-state index in [1.165, 1.54) is 0 Å². The van der Waals surface area contributed by atoms with Crippen molar-refractivity contribution in [1.29, 1.82) is 0 Å². The van der Waals surface area contributed by atoms with E-state index >= 15 is 0 Å². The summed E-state index contributed by atoms with van der Waals surface area (Å²) in [5.41, 5.74) is -0.462. The number of rotatable bonds is 0. The first-order valence-corrected chi connectivity index (χ1v) is 4.62. The van der Waals surface area contributed by atoms with Crippen molar-refractivity contribution in [2.45, 2.75) is 12.8 Å². The summed E-state index contributed by atoms with van der Waals surface area (Å²) in [4.78, 5) is 23.0. The fraction of sp³-hybridized carbons (Fsp3) is 0.600. The van der Waals surface area contributed by atoms with Crippen LogP contribution in [0.3, 0.4) is 0 Å². The van der Waals surface area contributed by atoms with Crippen LogP contribution in [0.5, 0.6) is 0 Å². The number of carbonyl (C=O) groups is 2. The predicted molar refractivity (Wildman–Crippen MR) is 43.8 cm³/mol. The molecule has 2 aliphatic carbocycles. The second-order valence-corrected chi connectivity index (χ2v) is 4.24. The molecule has 3 aliphatic rings. The molecule has 0 N–H and O–H groups in total. The summed E-state index contributed by atoms with van der Waals surface area (Å²) in [6.45, 7) is 0.316. The molecule has 2 bridgehead atoms. The van der Waals surface area contributed by atoms with Gasteiger partial charge in [-0.2, -0.15) is 0 Å². The predicted octanol–water partition coefficient (Wildman–Crippen LogP) is 0.695. The highest BCUT2D eigenvalue weighted by Gasteiger charge is 2.60. The van der Waals surface area contributed by atoms with Crippen molar-refractivity contribution in [3.05, 3.63) is 12.2 Å². The van der Waals surface area contributed by atoms with Crippen LogP contribution in [0.2, 0.25) is 0 Å². The number of ether oxygens (including phenoxy) is 1. The zero-order chi connectivity index (χ0) is 9.05. The van der Waals surface area contributed by atoms with Crippen molar-refractivity contribution in [2.75, 3.05) is 6.61 Å². The Morgan fingerprint density at radius 2 is 2.31 bits per heavy atom. The number of fused-ring (bicyclic) bond motifs is 1. The Kier molecular flexibility index (Phi) is 1.14. The maximum absolute atomic E-state index is 11.7. The van der Waals surface area contributed by atoms with Crippen LogP contribution in [0.15, 0.2) is 12.2 Å². The van der Waals surface area contributed by atoms with E-state index < -0.39 is 5.41 Å². The zero-order valence-electron chi connectivity index (χ0n) is 7.16. The Balaban J connectivity index is 2.12. The minimum absolute atomic E-state index is 0.0945. The van der Waals surface area contributed by atoms with Gasteiger partial charge in [-0.1, -0.05) is 6.08 Å². The van der Waals surface area contributed by atoms with Crippen LogP contribution < -0.4 is 0 Å². The van der Waals surface area contributed by atoms with Crippen LogP contribution in [0.4, 0.5) is 0 Å². The van der Waals surface area contributed by atoms with E-state index in [2.05, 4.69) is 0 Å². The number of hydrogen-bond acceptors (Lipinski definition) is 3. The molecular weight excluding hydrogens is 168 g/mol. The van der Waals surface area contributed by atoms with Crippen molar-refractivity contribution in [1.82, 2.24) is 0 Å². The van der Waals surface area contributed by atoms with Gasteiger partial charge in [-0.15, -0.1) is 0 Å². The summed E-state index contributed by atoms with van der Waals surface area (Å²) in [6.07, 6.45) is 5.20. The molecule has 1 aliphatic heterocycles. The lowest BCUT2D eigenvalue weighted by Crippen LogP contribution is -2.35. The molecule has 1 heterocycles. The van der Waals surface area contributed by atoms with Crippen LogP contribution in [-0.4, -0.2) is 18.4 Å². The summed E-state index contributed by atoms with van der Waals surface area (Å²) >= 11 is 0. The topological polar surface area (TPSA) is 43.4 Å². The van der Waals surface area contributed by atoms with Crippen molar-refractivity contribution in [3.63, 3.8) is 0 Å². The summed E-state index contributed by atoms with van der Waals surface area (Å²) in [7, 11) is 0. The standard InChI is InChI=1S/C10H10O3/c11-8-2-1-6-3-7-9(12)13-5-10(7,8)4-6/h1-2,6-7H,3-5H2/t6-,7+,10+/m0/s1. The smallest absolute Gasteiger partial charge is 0.310 e. The third-order valence-electron chi connectivity index (χ3n) is 3.60. The summed E-state index contributed by atoms with van der Waals surface area (Å²) in [5, 5.41) is 0. The summed E-state index contributed by atoms with van der Waals surface area (Å²) in [6, 6.07) is 0. The highest BCUT2D eigenvalue weighted by atomic mass is 16.5. The average molecular weight is 178 g/mol. The molecular formula is C10H10O3. The molecule has 13 heavy (non-hydrogen) atoms. The molecule has 1 spiro atoms. The third-order valence-corrected chi connectivity index (χ3v) is 3.60. The SMILES string of the molecule is O=C1OC[C@@]23C[C@@H](C=CC2=O)C[C@H]13. The van der Waals surface area contributed by atoms with E-state index in [-0.39, 0.29) is 17.7 Å². The quantitative estimate of drug-likeness (QED) is 0.513. The molecule has 68 valence electrons. The number of ketones is 1. The number of esters is 1. The normalized spacial score (nSPS) is 46.5. The van der Waals surface area contributed by atoms with Gasteiger partial charge in [0.25, 0.3) is 0 Å². The number of allylic oxidation sites excluding steroid dienone is 2. The van der Waals surface area contributed by atoms with Crippen LogP contribution in [-0.2, 0) is 14.3 Å². The lowest BCUT2D eigenvalue weighted by Gasteiger charge is -2.24. The van der Waals surface area contributed by atoms with E-state index in [9.17, 15) is 9.59 Å². The Morgan fingerprint density at radius 3 is 3.15 bits per heavy atom. The van der Waals surface area contributed by atoms with Gasteiger partial charge in [0, 0.05) is 0 Å². The maximum atomic E-state index is 11.7. The van der Waals surface area contributed by atoms with Gasteiger partial charge in [0.2, 0.25) is 0 Å². The van der Waals surface area contributed by atoms with Crippen LogP contribution in [0.1, 0.15) is 12.8 Å². The Hall–Kier alpha value is -1.12. The third kappa shape index (κ3) is 0.705. The first-order chi connectivity index (χ1) is 6.22. The van der Waals surface area contributed by atoms with Crippen LogP contribution >= 0.6 is 0 Å². The lowest BCUT2D eigenvalue weighted by molar-refractivity contribution is -0.141. The van der Waals surface area contributed by atoms with E-state index in [1.807, 2.05) is 6.08 Å². The second-order valence-electron chi connectivity index (χ2n) is 4.24. The van der Waals surface area contributed by atoms with Gasteiger partial charge in [0.15, 0.2) is 5.78 Å². The minimum atomic E-state index is -0.462. The monoisotopic (exact) mass is 178 g/mol. The van der Waals surface area contributed by atoms with E-state index in [0.29, 0.717) is 12.5 Å². The second kappa shape index (κ2) is 2.03. The molecule has 1 saturated carbocycles. The molecule has 3 rings (SSSR count). The Morgan fingerprint density at radius 1 is 1.46 bits per heavy atom. The van der Waals surface area contributed by atoms with Gasteiger partial charge < -0.3 is 4.74 Å². The van der Waals surface area contributed by atoms with E-state index in [4.69, 9.17) is 4.74 Å². The molecule has 3 nitrogen and oxygen atoms in total. The van der Waals surface area contributed by atoms with Crippen LogP contribution in [0, 0.1) is 17.3 Å². The van der Waals surface area contributed by atoms with Crippen molar-refractivity contribution in [3.8, 4) is 0 Å². The zero-order valence-corrected chi connectivity index (χ0v) is 7.16. The molecule has 0 radical (unpaired) electrons. The number of cyclic esters (lactones) is 1. The van der Waals surface area contributed by atoms with E-state index in [1.54, 1.807) is 6.08 Å². The van der Waals surface area contributed by atoms with Crippen molar-refractivity contribution < 1.29 is 14.3 Å². The highest BCUT2D eigenvalue weighted by molar-refractivity contribution is 6.01. The average Bonchev–Trinajstić information content (AvgIpc) is 2.58. The number of carbonyl (C=O) groups excluding carboxylic acids is 2. The molecule has 2 fully saturated rings. The molecule has 0 unspecified atom stereocenters. The van der Waals surface area contributed by atoms with E-state index in [0.717, 1.165) is 12.8 Å². The van der Waals surface area contributed by atoms with Crippen LogP contribution in [0.25, 0.3) is 0 Å². The summed E-state index contributed by atoms with van der Waals surface area (Å²) < 4.78 is 4.97. The van der Waals surface area contributed by atoms with Gasteiger partial charge in [-0.3, -0.25) is 9.59 Å². The van der Waals surface area contributed by atoms with Gasteiger partial charge >= 0.3 is 5.97 Å². The van der Waals surface area contributed by atoms with Gasteiger partial charge in [0.05, 0.1) is 11.3 Å². The minimum Gasteiger partial charge on any atom is -0.464 e. The van der Waals surface area contributed by atoms with Crippen molar-refractivity contribution in [2.24, 2.45) is 17.3 Å². The maximum Gasteiger partial charge on any atom is 0.310 e. The van der Waals surface area contributed by atoms with Gasteiger partial charge in [-0.25, -0.2) is 0 Å². The largest absolute Gasteiger partial charge is 0.464 e. The fourth-order valence-corrected chi connectivity index (χ4v) is 2.88. The number of hydrogen-bond donors (Lipinski definition) is 0. The first-order valence-electron chi connectivity index (χ1n) is 4.62. The molecule has 3 heteroatoms. The van der Waals surface area contributed by atoms with Gasteiger partial charge in [-0.05, 0) is 24.8 Å². The molecule has 0 aromatic rings. The fourth-order valence-electron chi connectivity index (χ4n) is 2.88. The Bertz CT molecular complexity index is 331. The van der Waals surface area contributed by atoms with Gasteiger partial charge in [0.1, 0.15) is 6.61 Å². The molecule has 0 amide bonds.